The van der Waals surface area contributed by atoms with Gasteiger partial charge in [0.05, 0.1) is 22.9 Å². The molecule has 16 heteroatoms. The highest BCUT2D eigenvalue weighted by molar-refractivity contribution is 7.86. The largest absolute Gasteiger partial charge is 0.505 e. The summed E-state index contributed by atoms with van der Waals surface area (Å²) in [6, 6.07) is 17.7. The molecule has 0 atom stereocenters. The van der Waals surface area contributed by atoms with Crippen LogP contribution in [0.4, 0.5) is 22.7 Å². The van der Waals surface area contributed by atoms with Gasteiger partial charge in [0.15, 0.2) is 17.1 Å². The Hall–Kier alpha value is -6.26. The third kappa shape index (κ3) is 5.49. The molecule has 3 heterocycles. The molecule has 6 aromatic rings. The van der Waals surface area contributed by atoms with E-state index in [0.29, 0.717) is 10.8 Å². The summed E-state index contributed by atoms with van der Waals surface area (Å²) < 4.78 is 32.8. The van der Waals surface area contributed by atoms with Crippen LogP contribution in [0.15, 0.2) is 104 Å². The molecule has 0 saturated heterocycles. The summed E-state index contributed by atoms with van der Waals surface area (Å²) >= 11 is 0. The van der Waals surface area contributed by atoms with E-state index in [-0.39, 0.29) is 49.6 Å². The van der Waals surface area contributed by atoms with Crippen LogP contribution in [0.25, 0.3) is 32.7 Å². The van der Waals surface area contributed by atoms with Gasteiger partial charge in [-0.3, -0.25) is 9.54 Å². The number of hydrogen-bond acceptors (Lipinski definition) is 12. The number of aromatic nitrogens is 3. The molecular formula is C29H17N7O8S. The Morgan fingerprint density at radius 1 is 0.733 bits per heavy atom. The van der Waals surface area contributed by atoms with E-state index >= 15 is 0 Å². The first-order valence-corrected chi connectivity index (χ1v) is 14.2. The SMILES string of the molecule is O=C(O)c1ccc2c(/N=N/c3cnc4c(S(=O)(=O)O)cccc4c3)ccc(/N=N/c3c(C(=O)O)nc4ccccc4c3O)c2n1. The van der Waals surface area contributed by atoms with Crippen LogP contribution in [-0.4, -0.2) is 55.2 Å². The number of nitrogens with zero attached hydrogens (tertiary/aromatic N) is 7. The summed E-state index contributed by atoms with van der Waals surface area (Å²) in [5, 5.41) is 47.4. The van der Waals surface area contributed by atoms with Gasteiger partial charge in [0.2, 0.25) is 0 Å². The normalized spacial score (nSPS) is 12.1. The first-order valence-electron chi connectivity index (χ1n) is 12.7. The number of azo groups is 2. The van der Waals surface area contributed by atoms with Gasteiger partial charge in [0, 0.05) is 16.2 Å². The van der Waals surface area contributed by atoms with Crippen molar-refractivity contribution in [3.63, 3.8) is 0 Å². The van der Waals surface area contributed by atoms with Gasteiger partial charge in [0.1, 0.15) is 27.5 Å². The number of benzene rings is 3. The summed E-state index contributed by atoms with van der Waals surface area (Å²) in [6.45, 7) is 0. The third-order valence-corrected chi connectivity index (χ3v) is 7.43. The third-order valence-electron chi connectivity index (χ3n) is 6.54. The minimum Gasteiger partial charge on any atom is -0.505 e. The smallest absolute Gasteiger partial charge is 0.357 e. The van der Waals surface area contributed by atoms with Crippen molar-refractivity contribution in [2.24, 2.45) is 20.5 Å². The van der Waals surface area contributed by atoms with Crippen molar-refractivity contribution < 1.29 is 37.9 Å². The second-order valence-electron chi connectivity index (χ2n) is 9.38. The average molecular weight is 624 g/mol. The molecule has 0 saturated carbocycles. The van der Waals surface area contributed by atoms with Crippen molar-refractivity contribution in [2.45, 2.75) is 4.90 Å². The zero-order chi connectivity index (χ0) is 31.9. The lowest BCUT2D eigenvalue weighted by Gasteiger charge is -2.08. The molecule has 15 nitrogen and oxygen atoms in total. The molecule has 45 heavy (non-hydrogen) atoms. The monoisotopic (exact) mass is 623 g/mol. The van der Waals surface area contributed by atoms with Crippen molar-refractivity contribution in [1.82, 2.24) is 15.0 Å². The molecule has 0 aliphatic heterocycles. The highest BCUT2D eigenvalue weighted by Crippen LogP contribution is 2.39. The highest BCUT2D eigenvalue weighted by atomic mass is 32.2. The first kappa shape index (κ1) is 28.8. The molecule has 0 fully saturated rings. The van der Waals surface area contributed by atoms with Crippen LogP contribution >= 0.6 is 0 Å². The number of carboxylic acids is 2. The summed E-state index contributed by atoms with van der Waals surface area (Å²) in [4.78, 5) is 35.6. The Kier molecular flexibility index (Phi) is 7.12. The maximum atomic E-state index is 11.9. The lowest BCUT2D eigenvalue weighted by Crippen LogP contribution is -2.01. The number of aromatic hydroxyl groups is 1. The van der Waals surface area contributed by atoms with E-state index in [1.54, 1.807) is 18.2 Å². The molecule has 0 amide bonds. The van der Waals surface area contributed by atoms with Crippen molar-refractivity contribution >= 4 is 77.5 Å². The minimum atomic E-state index is -4.51. The molecular weight excluding hydrogens is 606 g/mol. The number of hydrogen-bond donors (Lipinski definition) is 4. The molecule has 0 aliphatic rings. The van der Waals surface area contributed by atoms with Crippen molar-refractivity contribution in [2.75, 3.05) is 0 Å². The van der Waals surface area contributed by atoms with E-state index in [1.807, 2.05) is 0 Å². The fraction of sp³-hybridized carbons (Fsp3) is 0. The fourth-order valence-corrected chi connectivity index (χ4v) is 5.17. The summed E-state index contributed by atoms with van der Waals surface area (Å²) in [7, 11) is -4.51. The van der Waals surface area contributed by atoms with E-state index in [2.05, 4.69) is 35.4 Å². The average Bonchev–Trinajstić information content (AvgIpc) is 3.02. The quantitative estimate of drug-likeness (QED) is 0.110. The van der Waals surface area contributed by atoms with Crippen molar-refractivity contribution in [1.29, 1.82) is 0 Å². The molecule has 3 aromatic heterocycles. The molecule has 0 radical (unpaired) electrons. The van der Waals surface area contributed by atoms with Gasteiger partial charge < -0.3 is 15.3 Å². The van der Waals surface area contributed by atoms with E-state index in [1.165, 1.54) is 60.8 Å². The molecule has 4 N–H and O–H groups in total. The van der Waals surface area contributed by atoms with Gasteiger partial charge in [-0.25, -0.2) is 19.6 Å². The molecule has 0 aliphatic carbocycles. The molecule has 3 aromatic carbocycles. The standard InChI is InChI=1S/C29H17N7O8S/c37-27-17-5-1-2-6-18(17)31-26(29(40)41)25(27)36-35-20-11-10-19(16-8-9-21(28(38)39)32-24(16)20)34-33-15-12-14-4-3-7-22(45(42,43)44)23(14)30-13-15/h1-13H,(H,31,37)(H,38,39)(H,40,41)(H,42,43,44)/b34-33+,36-35+. The molecule has 0 unspecified atom stereocenters. The van der Waals surface area contributed by atoms with Gasteiger partial charge in [-0.05, 0) is 48.5 Å². The van der Waals surface area contributed by atoms with Crippen molar-refractivity contribution in [3.05, 3.63) is 90.4 Å². The molecule has 0 bridgehead atoms. The summed E-state index contributed by atoms with van der Waals surface area (Å²) in [5.74, 6) is -3.22. The van der Waals surface area contributed by atoms with E-state index in [4.69, 9.17) is 0 Å². The molecule has 222 valence electrons. The zero-order valence-electron chi connectivity index (χ0n) is 22.5. The van der Waals surface area contributed by atoms with Crippen LogP contribution < -0.4 is 0 Å². The number of carboxylic acid groups (broad SMARTS) is 2. The number of rotatable bonds is 7. The van der Waals surface area contributed by atoms with Gasteiger partial charge >= 0.3 is 11.9 Å². The number of fused-ring (bicyclic) bond motifs is 3. The lowest BCUT2D eigenvalue weighted by atomic mass is 10.1. The van der Waals surface area contributed by atoms with E-state index < -0.39 is 39.2 Å². The second kappa shape index (κ2) is 11.1. The van der Waals surface area contributed by atoms with Crippen LogP contribution in [-0.2, 0) is 10.1 Å². The lowest BCUT2D eigenvalue weighted by molar-refractivity contribution is 0.0680. The van der Waals surface area contributed by atoms with Crippen LogP contribution in [0, 0.1) is 0 Å². The minimum absolute atomic E-state index is 0.0288. The Morgan fingerprint density at radius 2 is 1.49 bits per heavy atom. The number of aromatic carboxylic acids is 2. The van der Waals surface area contributed by atoms with Gasteiger partial charge in [0.25, 0.3) is 10.1 Å². The maximum Gasteiger partial charge on any atom is 0.357 e. The zero-order valence-corrected chi connectivity index (χ0v) is 23.3. The van der Waals surface area contributed by atoms with Crippen LogP contribution in [0.1, 0.15) is 21.0 Å². The highest BCUT2D eigenvalue weighted by Gasteiger charge is 2.20. The van der Waals surface area contributed by atoms with Gasteiger partial charge in [-0.2, -0.15) is 8.42 Å². The maximum absolute atomic E-state index is 11.9. The number of carbonyl (C=O) groups is 2. The fourth-order valence-electron chi connectivity index (χ4n) is 4.50. The Bertz CT molecular complexity index is 2400. The van der Waals surface area contributed by atoms with Crippen molar-refractivity contribution in [3.8, 4) is 5.75 Å². The summed E-state index contributed by atoms with van der Waals surface area (Å²) in [6.07, 6.45) is 1.26. The van der Waals surface area contributed by atoms with Gasteiger partial charge in [-0.15, -0.1) is 20.5 Å². The number of pyridine rings is 3. The predicted octanol–water partition coefficient (Wildman–Crippen LogP) is 6.51. The Morgan fingerprint density at radius 3 is 2.24 bits per heavy atom. The predicted molar refractivity (Wildman–Crippen MR) is 159 cm³/mol. The van der Waals surface area contributed by atoms with E-state index in [0.717, 1.165) is 0 Å². The van der Waals surface area contributed by atoms with Gasteiger partial charge in [-0.1, -0.05) is 24.3 Å². The topological polar surface area (TPSA) is 237 Å². The molecule has 6 rings (SSSR count). The van der Waals surface area contributed by atoms with E-state index in [9.17, 15) is 37.9 Å². The van der Waals surface area contributed by atoms with Crippen LogP contribution in [0.2, 0.25) is 0 Å². The Balaban J connectivity index is 1.44. The second-order valence-corrected chi connectivity index (χ2v) is 10.8. The first-order chi connectivity index (χ1) is 21.5. The van der Waals surface area contributed by atoms with Crippen LogP contribution in [0.3, 0.4) is 0 Å². The van der Waals surface area contributed by atoms with Crippen LogP contribution in [0.5, 0.6) is 5.75 Å². The summed E-state index contributed by atoms with van der Waals surface area (Å²) in [5.41, 5.74) is -0.448. The number of para-hydroxylation sites is 2. The Labute approximate surface area is 251 Å². The molecule has 0 spiro atoms.